The van der Waals surface area contributed by atoms with Crippen LogP contribution in [0.15, 0.2) is 176 Å². The maximum absolute atomic E-state index is 5.01. The van der Waals surface area contributed by atoms with Gasteiger partial charge in [-0.2, -0.15) is 0 Å². The number of rotatable bonds is 4. The van der Waals surface area contributed by atoms with Gasteiger partial charge < -0.3 is 0 Å². The summed E-state index contributed by atoms with van der Waals surface area (Å²) in [5.41, 5.74) is 8.91. The fourth-order valence-electron chi connectivity index (χ4n) is 7.40. The smallest absolute Gasteiger partial charge is 0.168 e. The van der Waals surface area contributed by atoms with Gasteiger partial charge in [0.25, 0.3) is 0 Å². The first kappa shape index (κ1) is 27.5. The first-order chi connectivity index (χ1) is 24.3. The van der Waals surface area contributed by atoms with Crippen LogP contribution in [0.2, 0.25) is 0 Å². The van der Waals surface area contributed by atoms with E-state index in [1.807, 2.05) is 0 Å². The Hall–Kier alpha value is -6.58. The summed E-state index contributed by atoms with van der Waals surface area (Å²) in [5.74, 6) is 0.829. The molecule has 0 aliphatic rings. The van der Waals surface area contributed by atoms with E-state index in [1.54, 1.807) is 0 Å². The molecule has 0 radical (unpaired) electrons. The van der Waals surface area contributed by atoms with Gasteiger partial charge in [-0.15, -0.1) is 10.2 Å². The zero-order valence-electron chi connectivity index (χ0n) is 26.6. The van der Waals surface area contributed by atoms with Crippen molar-refractivity contribution in [3.05, 3.63) is 176 Å². The topological polar surface area (TPSA) is 30.7 Å². The molecule has 0 aliphatic carbocycles. The van der Waals surface area contributed by atoms with Gasteiger partial charge in [0.2, 0.25) is 0 Å². The van der Waals surface area contributed by atoms with Crippen molar-refractivity contribution in [1.29, 1.82) is 0 Å². The van der Waals surface area contributed by atoms with Gasteiger partial charge in [-0.3, -0.25) is 4.57 Å². The fraction of sp³-hybridized carbons (Fsp3) is 0. The SMILES string of the molecule is c1ccc(-c2ccc3c(c2)c2cc4ccccc4cc2n3-c2nnc(-c3ccc(-c4ccc5ccccc5c4)cc3)c3ccccc23)cc1. The minimum Gasteiger partial charge on any atom is -0.292 e. The Kier molecular flexibility index (Phi) is 6.18. The van der Waals surface area contributed by atoms with E-state index >= 15 is 0 Å². The molecule has 3 nitrogen and oxygen atoms in total. The second-order valence-electron chi connectivity index (χ2n) is 12.7. The van der Waals surface area contributed by atoms with Crippen LogP contribution in [0.5, 0.6) is 0 Å². The lowest BCUT2D eigenvalue weighted by atomic mass is 9.98. The molecule has 49 heavy (non-hydrogen) atoms. The van der Waals surface area contributed by atoms with Crippen molar-refractivity contribution >= 4 is 54.1 Å². The minimum atomic E-state index is 0.829. The maximum Gasteiger partial charge on any atom is 0.168 e. The van der Waals surface area contributed by atoms with Crippen molar-refractivity contribution in [2.24, 2.45) is 0 Å². The maximum atomic E-state index is 5.01. The Bertz CT molecular complexity index is 2870. The van der Waals surface area contributed by atoms with Crippen LogP contribution < -0.4 is 0 Å². The highest BCUT2D eigenvalue weighted by atomic mass is 15.2. The molecule has 0 spiro atoms. The second kappa shape index (κ2) is 11.0. The molecule has 0 bridgehead atoms. The van der Waals surface area contributed by atoms with Gasteiger partial charge in [-0.1, -0.05) is 146 Å². The lowest BCUT2D eigenvalue weighted by Gasteiger charge is -2.13. The van der Waals surface area contributed by atoms with Crippen LogP contribution in [0, 0.1) is 0 Å². The van der Waals surface area contributed by atoms with Crippen molar-refractivity contribution in [1.82, 2.24) is 14.8 Å². The van der Waals surface area contributed by atoms with Crippen LogP contribution >= 0.6 is 0 Å². The van der Waals surface area contributed by atoms with Gasteiger partial charge in [0.15, 0.2) is 5.82 Å². The summed E-state index contributed by atoms with van der Waals surface area (Å²) < 4.78 is 2.30. The Morgan fingerprint density at radius 1 is 0.306 bits per heavy atom. The summed E-state index contributed by atoms with van der Waals surface area (Å²) in [6, 6.07) is 62.9. The summed E-state index contributed by atoms with van der Waals surface area (Å²) >= 11 is 0. The summed E-state index contributed by atoms with van der Waals surface area (Å²) in [6.45, 7) is 0. The third-order valence-electron chi connectivity index (χ3n) is 9.86. The summed E-state index contributed by atoms with van der Waals surface area (Å²) in [4.78, 5) is 0. The molecular formula is C46H29N3. The molecule has 0 aliphatic heterocycles. The van der Waals surface area contributed by atoms with E-state index in [2.05, 4.69) is 180 Å². The average molecular weight is 624 g/mol. The molecule has 0 unspecified atom stereocenters. The van der Waals surface area contributed by atoms with Crippen molar-refractivity contribution in [3.63, 3.8) is 0 Å². The zero-order chi connectivity index (χ0) is 32.3. The first-order valence-corrected chi connectivity index (χ1v) is 16.7. The number of hydrogen-bond acceptors (Lipinski definition) is 2. The highest BCUT2D eigenvalue weighted by Gasteiger charge is 2.19. The predicted molar refractivity (Wildman–Crippen MR) is 205 cm³/mol. The zero-order valence-corrected chi connectivity index (χ0v) is 26.6. The number of nitrogens with zero attached hydrogens (tertiary/aromatic N) is 3. The van der Waals surface area contributed by atoms with E-state index in [0.717, 1.165) is 38.9 Å². The molecular weight excluding hydrogens is 595 g/mol. The van der Waals surface area contributed by atoms with Crippen LogP contribution in [0.3, 0.4) is 0 Å². The lowest BCUT2D eigenvalue weighted by molar-refractivity contribution is 0.977. The van der Waals surface area contributed by atoms with Gasteiger partial charge in [-0.05, 0) is 74.1 Å². The fourth-order valence-corrected chi connectivity index (χ4v) is 7.40. The normalized spacial score (nSPS) is 11.7. The van der Waals surface area contributed by atoms with E-state index in [-0.39, 0.29) is 0 Å². The Morgan fingerprint density at radius 3 is 1.65 bits per heavy atom. The summed E-state index contributed by atoms with van der Waals surface area (Å²) in [5, 5.41) is 19.4. The quantitative estimate of drug-likeness (QED) is 0.195. The van der Waals surface area contributed by atoms with E-state index in [9.17, 15) is 0 Å². The molecule has 228 valence electrons. The second-order valence-corrected chi connectivity index (χ2v) is 12.7. The van der Waals surface area contributed by atoms with Crippen LogP contribution in [-0.4, -0.2) is 14.8 Å². The Labute approximate surface area is 283 Å². The molecule has 0 N–H and O–H groups in total. The van der Waals surface area contributed by atoms with Crippen molar-refractivity contribution in [2.75, 3.05) is 0 Å². The van der Waals surface area contributed by atoms with Crippen molar-refractivity contribution < 1.29 is 0 Å². The molecule has 0 fully saturated rings. The van der Waals surface area contributed by atoms with E-state index < -0.39 is 0 Å². The summed E-state index contributed by atoms with van der Waals surface area (Å²) in [7, 11) is 0. The standard InChI is InChI=1S/C46H29N3/c1-2-10-30(11-3-1)38-24-25-43-41(28-38)42-27-35-14-6-7-15-36(35)29-44(42)49(43)46-40-17-9-8-16-39(40)45(47-48-46)33-21-18-32(19-22-33)37-23-20-31-12-4-5-13-34(31)26-37/h1-29H. The molecule has 0 saturated heterocycles. The average Bonchev–Trinajstić information content (AvgIpc) is 3.49. The molecule has 10 rings (SSSR count). The molecule has 0 saturated carbocycles. The van der Waals surface area contributed by atoms with Gasteiger partial charge in [0, 0.05) is 27.1 Å². The van der Waals surface area contributed by atoms with Crippen LogP contribution in [0.1, 0.15) is 0 Å². The van der Waals surface area contributed by atoms with Crippen LogP contribution in [-0.2, 0) is 0 Å². The Morgan fingerprint density at radius 2 is 0.857 bits per heavy atom. The van der Waals surface area contributed by atoms with Crippen molar-refractivity contribution in [2.45, 2.75) is 0 Å². The first-order valence-electron chi connectivity index (χ1n) is 16.7. The number of fused-ring (bicyclic) bond motifs is 6. The lowest BCUT2D eigenvalue weighted by Crippen LogP contribution is -2.02. The highest BCUT2D eigenvalue weighted by molar-refractivity contribution is 6.15. The molecule has 10 aromatic rings. The number of aromatic nitrogens is 3. The van der Waals surface area contributed by atoms with Gasteiger partial charge >= 0.3 is 0 Å². The molecule has 0 atom stereocenters. The highest BCUT2D eigenvalue weighted by Crippen LogP contribution is 2.39. The molecule has 0 amide bonds. The van der Waals surface area contributed by atoms with Gasteiger partial charge in [0.1, 0.15) is 5.69 Å². The van der Waals surface area contributed by atoms with E-state index in [4.69, 9.17) is 10.2 Å². The molecule has 8 aromatic carbocycles. The minimum absolute atomic E-state index is 0.829. The van der Waals surface area contributed by atoms with Crippen LogP contribution in [0.4, 0.5) is 0 Å². The van der Waals surface area contributed by atoms with Gasteiger partial charge in [-0.25, -0.2) is 0 Å². The molecule has 2 heterocycles. The summed E-state index contributed by atoms with van der Waals surface area (Å²) in [6.07, 6.45) is 0. The third-order valence-corrected chi connectivity index (χ3v) is 9.86. The number of hydrogen-bond donors (Lipinski definition) is 0. The Balaban J connectivity index is 1.15. The van der Waals surface area contributed by atoms with Crippen molar-refractivity contribution in [3.8, 4) is 39.3 Å². The molecule has 2 aromatic heterocycles. The predicted octanol–water partition coefficient (Wildman–Crippen LogP) is 12.0. The van der Waals surface area contributed by atoms with Gasteiger partial charge in [0.05, 0.1) is 11.0 Å². The van der Waals surface area contributed by atoms with Crippen LogP contribution in [0.25, 0.3) is 93.5 Å². The van der Waals surface area contributed by atoms with E-state index in [1.165, 1.54) is 54.6 Å². The number of benzene rings is 8. The monoisotopic (exact) mass is 623 g/mol. The third kappa shape index (κ3) is 4.51. The van der Waals surface area contributed by atoms with E-state index in [0.29, 0.717) is 0 Å². The molecule has 3 heteroatoms. The largest absolute Gasteiger partial charge is 0.292 e.